The molecule has 3 N–H and O–H groups in total. The summed E-state index contributed by atoms with van der Waals surface area (Å²) >= 11 is 0. The highest BCUT2D eigenvalue weighted by molar-refractivity contribution is 5.72. The van der Waals surface area contributed by atoms with Crippen LogP contribution in [0.5, 0.6) is 0 Å². The van der Waals surface area contributed by atoms with Crippen molar-refractivity contribution >= 4 is 12.1 Å². The van der Waals surface area contributed by atoms with Gasteiger partial charge in [-0.2, -0.15) is 0 Å². The average molecular weight is 452 g/mol. The van der Waals surface area contributed by atoms with Gasteiger partial charge in [-0.1, -0.05) is 43.2 Å². The Morgan fingerprint density at radius 3 is 2.38 bits per heavy atom. The topological polar surface area (TPSA) is 100 Å². The Hall–Kier alpha value is -2.16. The van der Waals surface area contributed by atoms with Gasteiger partial charge in [0.1, 0.15) is 12.2 Å². The van der Waals surface area contributed by atoms with E-state index in [0.29, 0.717) is 19.6 Å². The molecule has 8 nitrogen and oxygen atoms in total. The van der Waals surface area contributed by atoms with E-state index in [4.69, 9.17) is 9.47 Å². The predicted molar refractivity (Wildman–Crippen MR) is 125 cm³/mol. The van der Waals surface area contributed by atoms with Crippen LogP contribution in [0.2, 0.25) is 0 Å². The summed E-state index contributed by atoms with van der Waals surface area (Å²) in [5, 5.41) is 15.1. The van der Waals surface area contributed by atoms with Gasteiger partial charge in [-0.05, 0) is 45.7 Å². The van der Waals surface area contributed by atoms with Crippen LogP contribution in [0.3, 0.4) is 0 Å². The summed E-state index contributed by atoms with van der Waals surface area (Å²) in [5.74, 6) is -0.260. The molecule has 0 unspecified atom stereocenters. The van der Waals surface area contributed by atoms with Gasteiger partial charge in [0.05, 0.1) is 13.2 Å². The van der Waals surface area contributed by atoms with Gasteiger partial charge < -0.3 is 25.2 Å². The van der Waals surface area contributed by atoms with Gasteiger partial charge in [0.2, 0.25) is 0 Å². The van der Waals surface area contributed by atoms with Crippen molar-refractivity contribution in [3.05, 3.63) is 35.9 Å². The standard InChI is InChI=1S/C24H41N3O5/c1-24(2,3)32-22(29)19-25-14-16-27(17-18-28)15-10-5-4-9-13-26-23(30)31-20-21-11-7-6-8-12-21/h6-8,11-12,25,28H,4-5,9-10,13-20H2,1-3H3,(H,26,30). The summed E-state index contributed by atoms with van der Waals surface area (Å²) in [6.45, 7) is 9.65. The van der Waals surface area contributed by atoms with E-state index in [1.165, 1.54) is 0 Å². The lowest BCUT2D eigenvalue weighted by atomic mass is 10.2. The number of rotatable bonds is 16. The zero-order chi connectivity index (χ0) is 23.7. The highest BCUT2D eigenvalue weighted by atomic mass is 16.6. The molecule has 0 aliphatic heterocycles. The van der Waals surface area contributed by atoms with Crippen LogP contribution in [0, 0.1) is 0 Å². The Morgan fingerprint density at radius 1 is 0.969 bits per heavy atom. The molecule has 0 heterocycles. The second-order valence-corrected chi connectivity index (χ2v) is 8.73. The Balaban J connectivity index is 2.03. The summed E-state index contributed by atoms with van der Waals surface area (Å²) < 4.78 is 10.4. The maximum Gasteiger partial charge on any atom is 0.407 e. The second-order valence-electron chi connectivity index (χ2n) is 8.73. The summed E-state index contributed by atoms with van der Waals surface area (Å²) in [6, 6.07) is 9.60. The van der Waals surface area contributed by atoms with Crippen molar-refractivity contribution < 1.29 is 24.2 Å². The molecule has 0 aromatic heterocycles. The largest absolute Gasteiger partial charge is 0.459 e. The van der Waals surface area contributed by atoms with Crippen LogP contribution < -0.4 is 10.6 Å². The third-order valence-corrected chi connectivity index (χ3v) is 4.59. The smallest absolute Gasteiger partial charge is 0.407 e. The van der Waals surface area contributed by atoms with Crippen LogP contribution in [0.1, 0.15) is 52.0 Å². The number of amides is 1. The van der Waals surface area contributed by atoms with Crippen molar-refractivity contribution in [3.8, 4) is 0 Å². The average Bonchev–Trinajstić information content (AvgIpc) is 2.74. The lowest BCUT2D eigenvalue weighted by Crippen LogP contribution is -2.38. The maximum atomic E-state index is 11.7. The van der Waals surface area contributed by atoms with E-state index in [-0.39, 0.29) is 31.8 Å². The molecule has 0 spiro atoms. The highest BCUT2D eigenvalue weighted by Crippen LogP contribution is 2.06. The number of esters is 1. The zero-order valence-corrected chi connectivity index (χ0v) is 19.9. The molecule has 1 amide bonds. The molecule has 0 bridgehead atoms. The van der Waals surface area contributed by atoms with E-state index in [1.807, 2.05) is 51.1 Å². The number of alkyl carbamates (subject to hydrolysis) is 1. The Bertz CT molecular complexity index is 634. The molecule has 1 aromatic carbocycles. The molecule has 182 valence electrons. The van der Waals surface area contributed by atoms with Crippen molar-refractivity contribution in [2.75, 3.05) is 45.9 Å². The van der Waals surface area contributed by atoms with Crippen molar-refractivity contribution in [2.45, 2.75) is 58.7 Å². The fourth-order valence-electron chi connectivity index (χ4n) is 3.06. The summed E-state index contributed by atoms with van der Waals surface area (Å²) in [5.41, 5.74) is 0.495. The van der Waals surface area contributed by atoms with E-state index < -0.39 is 5.60 Å². The molecule has 8 heteroatoms. The van der Waals surface area contributed by atoms with E-state index >= 15 is 0 Å². The quantitative estimate of drug-likeness (QED) is 0.262. The number of benzene rings is 1. The first-order valence-corrected chi connectivity index (χ1v) is 11.5. The fourth-order valence-corrected chi connectivity index (χ4v) is 3.06. The molecule has 0 saturated heterocycles. The minimum Gasteiger partial charge on any atom is -0.459 e. The van der Waals surface area contributed by atoms with Crippen LogP contribution >= 0.6 is 0 Å². The molecule has 1 aromatic rings. The molecular formula is C24H41N3O5. The maximum absolute atomic E-state index is 11.7. The summed E-state index contributed by atoms with van der Waals surface area (Å²) in [7, 11) is 0. The molecule has 0 saturated carbocycles. The third-order valence-electron chi connectivity index (χ3n) is 4.59. The van der Waals surface area contributed by atoms with Crippen LogP contribution in [-0.2, 0) is 20.9 Å². The molecule has 1 rings (SSSR count). The van der Waals surface area contributed by atoms with Crippen LogP contribution in [0.4, 0.5) is 4.79 Å². The van der Waals surface area contributed by atoms with Gasteiger partial charge >= 0.3 is 12.1 Å². The summed E-state index contributed by atoms with van der Waals surface area (Å²) in [6.07, 6.45) is 3.60. The lowest BCUT2D eigenvalue weighted by Gasteiger charge is -2.22. The van der Waals surface area contributed by atoms with Crippen LogP contribution in [-0.4, -0.2) is 73.5 Å². The lowest BCUT2D eigenvalue weighted by molar-refractivity contribution is -0.153. The number of aliphatic hydroxyl groups is 1. The molecule has 32 heavy (non-hydrogen) atoms. The molecule has 0 atom stereocenters. The number of ether oxygens (including phenoxy) is 2. The van der Waals surface area contributed by atoms with Gasteiger partial charge in [0.15, 0.2) is 0 Å². The number of nitrogens with zero attached hydrogens (tertiary/aromatic N) is 1. The molecule has 0 aliphatic carbocycles. The van der Waals surface area contributed by atoms with Crippen molar-refractivity contribution in [3.63, 3.8) is 0 Å². The van der Waals surface area contributed by atoms with E-state index in [1.54, 1.807) is 0 Å². The Kier molecular flexibility index (Phi) is 14.3. The number of unbranched alkanes of at least 4 members (excludes halogenated alkanes) is 3. The number of hydrogen-bond donors (Lipinski definition) is 3. The number of carbonyl (C=O) groups excluding carboxylic acids is 2. The second kappa shape index (κ2) is 16.5. The van der Waals surface area contributed by atoms with E-state index in [9.17, 15) is 14.7 Å². The first-order valence-electron chi connectivity index (χ1n) is 11.5. The number of carbonyl (C=O) groups is 2. The van der Waals surface area contributed by atoms with E-state index in [0.717, 1.165) is 44.3 Å². The first-order chi connectivity index (χ1) is 15.3. The van der Waals surface area contributed by atoms with Crippen molar-refractivity contribution in [2.24, 2.45) is 0 Å². The monoisotopic (exact) mass is 451 g/mol. The molecule has 0 fully saturated rings. The predicted octanol–water partition coefficient (Wildman–Crippen LogP) is 2.70. The van der Waals surface area contributed by atoms with Gasteiger partial charge in [-0.25, -0.2) is 4.79 Å². The normalized spacial score (nSPS) is 11.4. The molecular weight excluding hydrogens is 410 g/mol. The van der Waals surface area contributed by atoms with Crippen LogP contribution in [0.25, 0.3) is 0 Å². The molecule has 0 radical (unpaired) electrons. The Labute approximate surface area is 192 Å². The third kappa shape index (κ3) is 15.6. The van der Waals surface area contributed by atoms with Crippen LogP contribution in [0.15, 0.2) is 30.3 Å². The SMILES string of the molecule is CC(C)(C)OC(=O)CNCCN(CCO)CCCCCCNC(=O)OCc1ccccc1. The number of aliphatic hydroxyl groups excluding tert-OH is 1. The number of nitrogens with one attached hydrogen (secondary N) is 2. The van der Waals surface area contributed by atoms with Gasteiger partial charge in [0.25, 0.3) is 0 Å². The van der Waals surface area contributed by atoms with Gasteiger partial charge in [0, 0.05) is 26.2 Å². The summed E-state index contributed by atoms with van der Waals surface area (Å²) in [4.78, 5) is 25.6. The van der Waals surface area contributed by atoms with Gasteiger partial charge in [-0.15, -0.1) is 0 Å². The van der Waals surface area contributed by atoms with Crippen molar-refractivity contribution in [1.29, 1.82) is 0 Å². The first kappa shape index (κ1) is 27.9. The highest BCUT2D eigenvalue weighted by Gasteiger charge is 2.15. The van der Waals surface area contributed by atoms with Crippen molar-refractivity contribution in [1.82, 2.24) is 15.5 Å². The van der Waals surface area contributed by atoms with Gasteiger partial charge in [-0.3, -0.25) is 9.69 Å². The zero-order valence-electron chi connectivity index (χ0n) is 19.9. The fraction of sp³-hybridized carbons (Fsp3) is 0.667. The minimum absolute atomic E-state index is 0.112. The number of hydrogen-bond acceptors (Lipinski definition) is 7. The minimum atomic E-state index is -0.473. The molecule has 0 aliphatic rings. The van der Waals surface area contributed by atoms with E-state index in [2.05, 4.69) is 15.5 Å². The Morgan fingerprint density at radius 2 is 1.69 bits per heavy atom.